The molecule has 0 saturated carbocycles. The molecule has 16 heavy (non-hydrogen) atoms. The predicted molar refractivity (Wildman–Crippen MR) is 68.2 cm³/mol. The number of hydrogen-bond donors (Lipinski definition) is 1. The van der Waals surface area contributed by atoms with Crippen LogP contribution in [-0.4, -0.2) is 12.9 Å². The topological polar surface area (TPSA) is 47.6 Å². The van der Waals surface area contributed by atoms with Crippen molar-refractivity contribution in [3.05, 3.63) is 28.8 Å². The highest BCUT2D eigenvalue weighted by atomic mass is 35.5. The van der Waals surface area contributed by atoms with Crippen LogP contribution in [-0.2, 0) is 6.54 Å². The van der Waals surface area contributed by atoms with Gasteiger partial charge in [0.15, 0.2) is 0 Å². The standard InChI is InChI=1S/C12H17ClN2O/c1-3-5-12(14)15-8-9-10(13)6-4-7-11(9)16-2/h4,6-7H,3,5,8H2,1-2H3,(H2,14,15). The van der Waals surface area contributed by atoms with E-state index < -0.39 is 0 Å². The molecule has 0 aromatic heterocycles. The molecule has 0 spiro atoms. The summed E-state index contributed by atoms with van der Waals surface area (Å²) in [4.78, 5) is 4.28. The zero-order valence-corrected chi connectivity index (χ0v) is 10.4. The molecule has 2 N–H and O–H groups in total. The predicted octanol–water partition coefficient (Wildman–Crippen LogP) is 3.01. The summed E-state index contributed by atoms with van der Waals surface area (Å²) in [7, 11) is 1.62. The van der Waals surface area contributed by atoms with Crippen molar-refractivity contribution in [3.8, 4) is 5.75 Å². The monoisotopic (exact) mass is 240 g/mol. The van der Waals surface area contributed by atoms with Crippen LogP contribution in [0.1, 0.15) is 25.3 Å². The van der Waals surface area contributed by atoms with Gasteiger partial charge in [-0.15, -0.1) is 0 Å². The Balaban J connectivity index is 2.84. The molecule has 0 aliphatic rings. The third kappa shape index (κ3) is 3.42. The Morgan fingerprint density at radius 1 is 1.50 bits per heavy atom. The highest BCUT2D eigenvalue weighted by molar-refractivity contribution is 6.31. The molecule has 0 saturated heterocycles. The molecule has 1 aromatic rings. The van der Waals surface area contributed by atoms with E-state index in [0.29, 0.717) is 17.4 Å². The fourth-order valence-corrected chi connectivity index (χ4v) is 1.62. The first-order valence-electron chi connectivity index (χ1n) is 5.29. The van der Waals surface area contributed by atoms with Crippen molar-refractivity contribution in [2.75, 3.05) is 7.11 Å². The second-order valence-electron chi connectivity index (χ2n) is 3.48. The maximum Gasteiger partial charge on any atom is 0.125 e. The van der Waals surface area contributed by atoms with Gasteiger partial charge in [-0.1, -0.05) is 24.6 Å². The van der Waals surface area contributed by atoms with Crippen molar-refractivity contribution in [2.45, 2.75) is 26.3 Å². The van der Waals surface area contributed by atoms with Crippen molar-refractivity contribution < 1.29 is 4.74 Å². The quantitative estimate of drug-likeness (QED) is 0.635. The van der Waals surface area contributed by atoms with Crippen LogP contribution >= 0.6 is 11.6 Å². The smallest absolute Gasteiger partial charge is 0.125 e. The Morgan fingerprint density at radius 2 is 2.25 bits per heavy atom. The van der Waals surface area contributed by atoms with Crippen LogP contribution in [0.25, 0.3) is 0 Å². The maximum absolute atomic E-state index is 6.08. The number of hydrogen-bond acceptors (Lipinski definition) is 2. The Kier molecular flexibility index (Phi) is 5.12. The molecule has 1 aromatic carbocycles. The zero-order chi connectivity index (χ0) is 12.0. The van der Waals surface area contributed by atoms with Gasteiger partial charge in [-0.25, -0.2) is 0 Å². The number of methoxy groups -OCH3 is 1. The second kappa shape index (κ2) is 6.38. The van der Waals surface area contributed by atoms with Gasteiger partial charge in [0.05, 0.1) is 19.5 Å². The Labute approximate surface area is 101 Å². The van der Waals surface area contributed by atoms with E-state index in [-0.39, 0.29) is 0 Å². The van der Waals surface area contributed by atoms with Gasteiger partial charge in [0, 0.05) is 17.0 Å². The van der Waals surface area contributed by atoms with Gasteiger partial charge in [0.2, 0.25) is 0 Å². The van der Waals surface area contributed by atoms with Crippen molar-refractivity contribution in [2.24, 2.45) is 10.7 Å². The third-order valence-electron chi connectivity index (χ3n) is 2.24. The first-order chi connectivity index (χ1) is 7.69. The fraction of sp³-hybridized carbons (Fsp3) is 0.417. The largest absolute Gasteiger partial charge is 0.496 e. The van der Waals surface area contributed by atoms with Crippen molar-refractivity contribution in [3.63, 3.8) is 0 Å². The van der Waals surface area contributed by atoms with Gasteiger partial charge < -0.3 is 10.5 Å². The molecule has 0 amide bonds. The Morgan fingerprint density at radius 3 is 2.88 bits per heavy atom. The van der Waals surface area contributed by atoms with E-state index in [0.717, 1.165) is 24.2 Å². The summed E-state index contributed by atoms with van der Waals surface area (Å²) in [5, 5.41) is 0.660. The van der Waals surface area contributed by atoms with Crippen LogP contribution in [0, 0.1) is 0 Å². The van der Waals surface area contributed by atoms with Crippen molar-refractivity contribution >= 4 is 17.4 Å². The average Bonchev–Trinajstić information content (AvgIpc) is 2.27. The summed E-state index contributed by atoms with van der Waals surface area (Å²) in [6, 6.07) is 5.54. The number of ether oxygens (including phenoxy) is 1. The van der Waals surface area contributed by atoms with Crippen molar-refractivity contribution in [1.82, 2.24) is 0 Å². The molecular weight excluding hydrogens is 224 g/mol. The lowest BCUT2D eigenvalue weighted by molar-refractivity contribution is 0.410. The van der Waals surface area contributed by atoms with Gasteiger partial charge in [0.25, 0.3) is 0 Å². The second-order valence-corrected chi connectivity index (χ2v) is 3.89. The van der Waals surface area contributed by atoms with Crippen LogP contribution < -0.4 is 10.5 Å². The molecule has 0 radical (unpaired) electrons. The molecule has 0 heterocycles. The summed E-state index contributed by atoms with van der Waals surface area (Å²) in [5.41, 5.74) is 6.62. The molecule has 0 unspecified atom stereocenters. The maximum atomic E-state index is 6.08. The van der Waals surface area contributed by atoms with Gasteiger partial charge in [-0.2, -0.15) is 0 Å². The van der Waals surface area contributed by atoms with Crippen LogP contribution in [0.4, 0.5) is 0 Å². The number of halogens is 1. The van der Waals surface area contributed by atoms with Crippen LogP contribution in [0.3, 0.4) is 0 Å². The summed E-state index contributed by atoms with van der Waals surface area (Å²) in [5.74, 6) is 1.41. The van der Waals surface area contributed by atoms with Crippen LogP contribution in [0.5, 0.6) is 5.75 Å². The Hall–Kier alpha value is -1.22. The van der Waals surface area contributed by atoms with Crippen LogP contribution in [0.2, 0.25) is 5.02 Å². The minimum absolute atomic E-state index is 0.467. The number of benzene rings is 1. The number of nitrogens with two attached hydrogens (primary N) is 1. The molecule has 0 fully saturated rings. The fourth-order valence-electron chi connectivity index (χ4n) is 1.40. The minimum Gasteiger partial charge on any atom is -0.496 e. The lowest BCUT2D eigenvalue weighted by atomic mass is 10.2. The number of amidine groups is 1. The van der Waals surface area contributed by atoms with E-state index in [9.17, 15) is 0 Å². The van der Waals surface area contributed by atoms with E-state index in [1.807, 2.05) is 18.2 Å². The SMILES string of the molecule is CCCC(N)=NCc1c(Cl)cccc1OC. The van der Waals surface area contributed by atoms with Crippen molar-refractivity contribution in [1.29, 1.82) is 0 Å². The summed E-state index contributed by atoms with van der Waals surface area (Å²) >= 11 is 6.08. The number of aliphatic imine (C=N–C) groups is 1. The van der Waals surface area contributed by atoms with Gasteiger partial charge in [0.1, 0.15) is 5.75 Å². The lowest BCUT2D eigenvalue weighted by Crippen LogP contribution is -2.11. The third-order valence-corrected chi connectivity index (χ3v) is 2.60. The molecule has 0 aliphatic heterocycles. The number of nitrogens with zero attached hydrogens (tertiary/aromatic N) is 1. The van der Waals surface area contributed by atoms with E-state index >= 15 is 0 Å². The van der Waals surface area contributed by atoms with E-state index in [4.69, 9.17) is 22.1 Å². The highest BCUT2D eigenvalue weighted by Crippen LogP contribution is 2.26. The lowest BCUT2D eigenvalue weighted by Gasteiger charge is -2.08. The molecule has 0 bridgehead atoms. The van der Waals surface area contributed by atoms with Crippen LogP contribution in [0.15, 0.2) is 23.2 Å². The summed E-state index contributed by atoms with van der Waals surface area (Å²) in [6.07, 6.45) is 1.81. The summed E-state index contributed by atoms with van der Waals surface area (Å²) in [6.45, 7) is 2.53. The zero-order valence-electron chi connectivity index (χ0n) is 9.66. The first kappa shape index (κ1) is 12.8. The number of rotatable bonds is 5. The summed E-state index contributed by atoms with van der Waals surface area (Å²) < 4.78 is 5.22. The minimum atomic E-state index is 0.467. The average molecular weight is 241 g/mol. The van der Waals surface area contributed by atoms with E-state index in [2.05, 4.69) is 11.9 Å². The van der Waals surface area contributed by atoms with Gasteiger partial charge in [-0.3, -0.25) is 4.99 Å². The Bertz CT molecular complexity index is 377. The molecule has 3 nitrogen and oxygen atoms in total. The molecular formula is C12H17ClN2O. The van der Waals surface area contributed by atoms with Gasteiger partial charge in [-0.05, 0) is 18.6 Å². The molecule has 0 aliphatic carbocycles. The van der Waals surface area contributed by atoms with E-state index in [1.165, 1.54) is 0 Å². The normalized spacial score (nSPS) is 11.6. The molecule has 1 rings (SSSR count). The first-order valence-corrected chi connectivity index (χ1v) is 5.67. The molecule has 88 valence electrons. The van der Waals surface area contributed by atoms with E-state index in [1.54, 1.807) is 7.11 Å². The molecule has 0 atom stereocenters. The van der Waals surface area contributed by atoms with Gasteiger partial charge >= 0.3 is 0 Å². The molecule has 4 heteroatoms. The highest BCUT2D eigenvalue weighted by Gasteiger charge is 2.06.